The molecule has 0 aliphatic rings. The van der Waals surface area contributed by atoms with Gasteiger partial charge in [-0.15, -0.1) is 0 Å². The van der Waals surface area contributed by atoms with E-state index in [4.69, 9.17) is 12.2 Å². The van der Waals surface area contributed by atoms with Crippen molar-refractivity contribution in [3.05, 3.63) is 29.8 Å². The molecule has 0 aliphatic heterocycles. The summed E-state index contributed by atoms with van der Waals surface area (Å²) in [4.78, 5) is 24.0. The van der Waals surface area contributed by atoms with Crippen LogP contribution in [0.5, 0.6) is 0 Å². The lowest BCUT2D eigenvalue weighted by molar-refractivity contribution is -0.119. The van der Waals surface area contributed by atoms with Crippen LogP contribution in [-0.4, -0.2) is 22.5 Å². The molecule has 2 amide bonds. The molecule has 0 heterocycles. The van der Waals surface area contributed by atoms with E-state index in [1.807, 2.05) is 20.8 Å². The Morgan fingerprint density at radius 1 is 1.12 bits per heavy atom. The lowest BCUT2D eigenvalue weighted by atomic mass is 10.1. The highest BCUT2D eigenvalue weighted by molar-refractivity contribution is 7.80. The van der Waals surface area contributed by atoms with Crippen LogP contribution >= 0.6 is 12.2 Å². The lowest BCUT2D eigenvalue weighted by Crippen LogP contribution is -2.40. The van der Waals surface area contributed by atoms with Crippen LogP contribution < -0.4 is 16.0 Å². The highest BCUT2D eigenvalue weighted by Crippen LogP contribution is 2.12. The van der Waals surface area contributed by atoms with Crippen LogP contribution in [-0.2, 0) is 4.79 Å². The summed E-state index contributed by atoms with van der Waals surface area (Å²) in [6.07, 6.45) is 4.66. The minimum atomic E-state index is -0.304. The number of hydrogen-bond acceptors (Lipinski definition) is 3. The Kier molecular flexibility index (Phi) is 8.55. The van der Waals surface area contributed by atoms with E-state index in [0.29, 0.717) is 17.7 Å². The molecule has 0 aliphatic carbocycles. The van der Waals surface area contributed by atoms with Crippen molar-refractivity contribution in [3.63, 3.8) is 0 Å². The van der Waals surface area contributed by atoms with Gasteiger partial charge in [-0.3, -0.25) is 9.59 Å². The van der Waals surface area contributed by atoms with Crippen molar-refractivity contribution in [2.24, 2.45) is 0 Å². The number of nitrogens with one attached hydrogen (secondary N) is 3. The molecule has 1 rings (SSSR count). The molecule has 5 nitrogen and oxygen atoms in total. The van der Waals surface area contributed by atoms with E-state index in [1.165, 1.54) is 0 Å². The normalized spacial score (nSPS) is 10.9. The minimum Gasteiger partial charge on any atom is -0.347 e. The van der Waals surface area contributed by atoms with Crippen molar-refractivity contribution in [2.45, 2.75) is 65.3 Å². The Morgan fingerprint density at radius 2 is 1.84 bits per heavy atom. The third-order valence-electron chi connectivity index (χ3n) is 3.38. The number of carbonyl (C=O) groups excluding carboxylic acids is 2. The first-order valence-corrected chi connectivity index (χ1v) is 9.15. The van der Waals surface area contributed by atoms with Crippen LogP contribution in [0.15, 0.2) is 24.3 Å². The maximum Gasteiger partial charge on any atom is 0.251 e. The molecule has 25 heavy (non-hydrogen) atoms. The summed E-state index contributed by atoms with van der Waals surface area (Å²) < 4.78 is 0. The van der Waals surface area contributed by atoms with Gasteiger partial charge in [0.25, 0.3) is 5.91 Å². The van der Waals surface area contributed by atoms with Gasteiger partial charge in [-0.25, -0.2) is 0 Å². The molecule has 0 saturated carbocycles. The maximum atomic E-state index is 12.2. The molecule has 0 atom stereocenters. The van der Waals surface area contributed by atoms with Gasteiger partial charge in [0.1, 0.15) is 0 Å². The summed E-state index contributed by atoms with van der Waals surface area (Å²) in [7, 11) is 0. The fourth-order valence-corrected chi connectivity index (χ4v) is 2.45. The topological polar surface area (TPSA) is 70.2 Å². The highest BCUT2D eigenvalue weighted by Gasteiger charge is 2.15. The van der Waals surface area contributed by atoms with Gasteiger partial charge in [0.15, 0.2) is 5.11 Å². The lowest BCUT2D eigenvalue weighted by Gasteiger charge is -2.20. The number of carbonyl (C=O) groups is 2. The standard InChI is InChI=1S/C19H29N3O2S/c1-5-6-7-8-12-16(23)21-18(25)20-15-11-9-10-14(13-15)17(24)22-19(2,3)4/h9-11,13H,5-8,12H2,1-4H3,(H,22,24)(H2,20,21,23,25). The Balaban J connectivity index is 2.53. The summed E-state index contributed by atoms with van der Waals surface area (Å²) in [5, 5.41) is 8.78. The zero-order valence-corrected chi connectivity index (χ0v) is 16.4. The molecule has 138 valence electrons. The number of benzene rings is 1. The van der Waals surface area contributed by atoms with E-state index in [0.717, 1.165) is 25.7 Å². The minimum absolute atomic E-state index is 0.0877. The maximum absolute atomic E-state index is 12.2. The van der Waals surface area contributed by atoms with Gasteiger partial charge < -0.3 is 16.0 Å². The first-order chi connectivity index (χ1) is 11.7. The van der Waals surface area contributed by atoms with Crippen LogP contribution in [0.1, 0.15) is 70.2 Å². The van der Waals surface area contributed by atoms with Gasteiger partial charge in [0.2, 0.25) is 5.91 Å². The van der Waals surface area contributed by atoms with Gasteiger partial charge in [0, 0.05) is 23.2 Å². The third-order valence-corrected chi connectivity index (χ3v) is 3.59. The van der Waals surface area contributed by atoms with Gasteiger partial charge in [-0.2, -0.15) is 0 Å². The molecule has 0 bridgehead atoms. The summed E-state index contributed by atoms with van der Waals surface area (Å²) in [6.45, 7) is 7.92. The summed E-state index contributed by atoms with van der Waals surface area (Å²) in [5.74, 6) is -0.239. The van der Waals surface area contributed by atoms with Crippen molar-refractivity contribution in [1.29, 1.82) is 0 Å². The molecule has 1 aromatic rings. The molecule has 0 saturated heterocycles. The number of amides is 2. The van der Waals surface area contributed by atoms with Gasteiger partial charge in [0.05, 0.1) is 0 Å². The zero-order valence-electron chi connectivity index (χ0n) is 15.6. The first kappa shape index (κ1) is 21.1. The second-order valence-electron chi connectivity index (χ2n) is 7.10. The van der Waals surface area contributed by atoms with Crippen molar-refractivity contribution >= 4 is 34.8 Å². The van der Waals surface area contributed by atoms with Gasteiger partial charge in [-0.1, -0.05) is 32.3 Å². The van der Waals surface area contributed by atoms with Crippen LogP contribution in [0.4, 0.5) is 5.69 Å². The number of unbranched alkanes of at least 4 members (excludes halogenated alkanes) is 3. The molecule has 0 unspecified atom stereocenters. The molecule has 0 fully saturated rings. The average Bonchev–Trinajstić information content (AvgIpc) is 2.50. The number of thiocarbonyl (C=S) groups is 1. The Bertz CT molecular complexity index is 609. The predicted molar refractivity (Wildman–Crippen MR) is 107 cm³/mol. The van der Waals surface area contributed by atoms with E-state index in [1.54, 1.807) is 24.3 Å². The SMILES string of the molecule is CCCCCCC(=O)NC(=S)Nc1cccc(C(=O)NC(C)(C)C)c1. The smallest absolute Gasteiger partial charge is 0.251 e. The van der Waals surface area contributed by atoms with E-state index in [2.05, 4.69) is 22.9 Å². The largest absolute Gasteiger partial charge is 0.347 e. The van der Waals surface area contributed by atoms with E-state index < -0.39 is 0 Å². The number of anilines is 1. The van der Waals surface area contributed by atoms with Gasteiger partial charge >= 0.3 is 0 Å². The van der Waals surface area contributed by atoms with Crippen LogP contribution in [0.25, 0.3) is 0 Å². The quantitative estimate of drug-likeness (QED) is 0.506. The second kappa shape index (κ2) is 10.1. The summed E-state index contributed by atoms with van der Waals surface area (Å²) in [5.41, 5.74) is 0.896. The van der Waals surface area contributed by atoms with E-state index >= 15 is 0 Å². The first-order valence-electron chi connectivity index (χ1n) is 8.74. The third kappa shape index (κ3) is 9.19. The number of rotatable bonds is 7. The molecule has 6 heteroatoms. The molecular weight excluding hydrogens is 334 g/mol. The Labute approximate surface area is 156 Å². The van der Waals surface area contributed by atoms with E-state index in [9.17, 15) is 9.59 Å². The molecule has 1 aromatic carbocycles. The van der Waals surface area contributed by atoms with Crippen LogP contribution in [0.3, 0.4) is 0 Å². The molecule has 0 aromatic heterocycles. The fourth-order valence-electron chi connectivity index (χ4n) is 2.21. The second-order valence-corrected chi connectivity index (χ2v) is 7.51. The summed E-state index contributed by atoms with van der Waals surface area (Å²) in [6, 6.07) is 7.02. The molecule has 0 radical (unpaired) electrons. The van der Waals surface area contributed by atoms with Crippen molar-refractivity contribution < 1.29 is 9.59 Å². The number of hydrogen-bond donors (Lipinski definition) is 3. The Morgan fingerprint density at radius 3 is 2.48 bits per heavy atom. The van der Waals surface area contributed by atoms with Crippen molar-refractivity contribution in [3.8, 4) is 0 Å². The monoisotopic (exact) mass is 363 g/mol. The highest BCUT2D eigenvalue weighted by atomic mass is 32.1. The summed E-state index contributed by atoms with van der Waals surface area (Å²) >= 11 is 5.17. The molecule has 0 spiro atoms. The van der Waals surface area contributed by atoms with E-state index in [-0.39, 0.29) is 22.5 Å². The predicted octanol–water partition coefficient (Wildman–Crippen LogP) is 4.00. The van der Waals surface area contributed by atoms with Crippen molar-refractivity contribution in [2.75, 3.05) is 5.32 Å². The fraction of sp³-hybridized carbons (Fsp3) is 0.526. The van der Waals surface area contributed by atoms with Crippen LogP contribution in [0.2, 0.25) is 0 Å². The molecule has 3 N–H and O–H groups in total. The molecular formula is C19H29N3O2S. The Hall–Kier alpha value is -1.95. The zero-order chi connectivity index (χ0) is 18.9. The van der Waals surface area contributed by atoms with Crippen molar-refractivity contribution in [1.82, 2.24) is 10.6 Å². The van der Waals surface area contributed by atoms with Crippen LogP contribution in [0, 0.1) is 0 Å². The van der Waals surface area contributed by atoms with Gasteiger partial charge in [-0.05, 0) is 57.6 Å². The average molecular weight is 364 g/mol.